The van der Waals surface area contributed by atoms with Crippen molar-refractivity contribution >= 4 is 81.0 Å². The van der Waals surface area contributed by atoms with Crippen molar-refractivity contribution in [1.29, 1.82) is 0 Å². The third-order valence-electron chi connectivity index (χ3n) is 10.1. The average Bonchev–Trinajstić information content (AvgIpc) is 3.95. The molecule has 1 aromatic heterocycles. The van der Waals surface area contributed by atoms with Crippen LogP contribution in [0.25, 0.3) is 33.9 Å². The number of rotatable bonds is 7. The Labute approximate surface area is 402 Å². The average molecular weight is 954 g/mol. The van der Waals surface area contributed by atoms with E-state index in [-0.39, 0.29) is 20.1 Å². The number of halogens is 6. The lowest BCUT2D eigenvalue weighted by atomic mass is 10.0. The number of aliphatic imine (C=N–C) groups is 2. The van der Waals surface area contributed by atoms with Crippen molar-refractivity contribution in [2.24, 2.45) is 9.98 Å². The smallest absolute Gasteiger partial charge is 0.263 e. The quantitative estimate of drug-likeness (QED) is 0.147. The maximum atomic E-state index is 7.24. The van der Waals surface area contributed by atoms with Crippen molar-refractivity contribution in [1.82, 2.24) is 9.55 Å². The largest absolute Gasteiger partial charge is 0.275 e. The van der Waals surface area contributed by atoms with Gasteiger partial charge in [-0.3, -0.25) is 4.57 Å². The minimum Gasteiger partial charge on any atom is -0.275 e. The van der Waals surface area contributed by atoms with Gasteiger partial charge in [-0.15, -0.1) is 0 Å². The van der Waals surface area contributed by atoms with E-state index >= 15 is 0 Å². The van der Waals surface area contributed by atoms with Crippen LogP contribution in [0.1, 0.15) is 16.7 Å². The molecule has 0 spiro atoms. The van der Waals surface area contributed by atoms with Gasteiger partial charge in [-0.2, -0.15) is 0 Å². The number of imidazole rings is 1. The summed E-state index contributed by atoms with van der Waals surface area (Å²) in [6.07, 6.45) is 0. The van der Waals surface area contributed by atoms with Gasteiger partial charge in [0.15, 0.2) is 0 Å². The predicted octanol–water partition coefficient (Wildman–Crippen LogP) is 16.8. The first-order valence-electron chi connectivity index (χ1n) is 20.1. The third-order valence-corrected chi connectivity index (χ3v) is 12.1. The van der Waals surface area contributed by atoms with E-state index in [9.17, 15) is 0 Å². The lowest BCUT2D eigenvalue weighted by Gasteiger charge is -2.31. The Balaban J connectivity index is 0.000000404. The molecular formula is C54H36Cl6N4. The molecule has 0 fully saturated rings. The second-order valence-corrected chi connectivity index (χ2v) is 16.7. The summed E-state index contributed by atoms with van der Waals surface area (Å²) in [5.74, 6) is -1.31. The molecule has 0 radical (unpaired) electrons. The fraction of sp³-hybridized carbons (Fsp3) is 0.0185. The van der Waals surface area contributed by atoms with Crippen LogP contribution in [0.4, 0.5) is 0 Å². The highest BCUT2D eigenvalue weighted by molar-refractivity contribution is 6.54. The molecule has 0 saturated heterocycles. The van der Waals surface area contributed by atoms with E-state index in [1.807, 2.05) is 199 Å². The molecule has 64 heavy (non-hydrogen) atoms. The van der Waals surface area contributed by atoms with Gasteiger partial charge in [-0.1, -0.05) is 264 Å². The number of hydrogen-bond acceptors (Lipinski definition) is 3. The molecule has 2 heterocycles. The molecule has 10 rings (SSSR count). The molecule has 0 unspecified atom stereocenters. The zero-order valence-electron chi connectivity index (χ0n) is 33.8. The summed E-state index contributed by atoms with van der Waals surface area (Å²) in [6, 6.07) is 70.2. The normalized spacial score (nSPS) is 12.5. The summed E-state index contributed by atoms with van der Waals surface area (Å²) in [6.45, 7) is 0. The van der Waals surface area contributed by atoms with Crippen molar-refractivity contribution in [3.63, 3.8) is 0 Å². The van der Waals surface area contributed by atoms with Crippen LogP contribution in [-0.4, -0.2) is 21.0 Å². The highest BCUT2D eigenvalue weighted by atomic mass is 35.5. The Morgan fingerprint density at radius 1 is 0.375 bits per heavy atom. The van der Waals surface area contributed by atoms with Crippen LogP contribution in [0.5, 0.6) is 0 Å². The van der Waals surface area contributed by atoms with Gasteiger partial charge < -0.3 is 0 Å². The topological polar surface area (TPSA) is 42.5 Å². The lowest BCUT2D eigenvalue weighted by Crippen LogP contribution is -2.32. The molecule has 0 N–H and O–H groups in total. The zero-order chi connectivity index (χ0) is 44.5. The predicted molar refractivity (Wildman–Crippen MR) is 271 cm³/mol. The van der Waals surface area contributed by atoms with Gasteiger partial charge in [0.1, 0.15) is 5.82 Å². The van der Waals surface area contributed by atoms with Crippen LogP contribution in [0.2, 0.25) is 30.1 Å². The van der Waals surface area contributed by atoms with Gasteiger partial charge in [0.2, 0.25) is 0 Å². The molecule has 0 aliphatic carbocycles. The van der Waals surface area contributed by atoms with E-state index in [0.717, 1.165) is 22.3 Å². The molecule has 9 aromatic rings. The number of nitrogens with zero attached hydrogens (tertiary/aromatic N) is 4. The monoisotopic (exact) mass is 950 g/mol. The Bertz CT molecular complexity index is 2890. The van der Waals surface area contributed by atoms with Gasteiger partial charge >= 0.3 is 0 Å². The molecule has 0 saturated carbocycles. The van der Waals surface area contributed by atoms with Crippen LogP contribution >= 0.6 is 69.6 Å². The van der Waals surface area contributed by atoms with E-state index in [4.69, 9.17) is 84.6 Å². The molecular weight excluding hydrogens is 917 g/mol. The first-order chi connectivity index (χ1) is 31.2. The summed E-state index contributed by atoms with van der Waals surface area (Å²) in [7, 11) is 0. The fourth-order valence-electron chi connectivity index (χ4n) is 7.23. The van der Waals surface area contributed by atoms with Crippen molar-refractivity contribution in [3.8, 4) is 33.9 Å². The first-order valence-corrected chi connectivity index (χ1v) is 22.4. The van der Waals surface area contributed by atoms with Gasteiger partial charge in [0, 0.05) is 43.4 Å². The highest BCUT2D eigenvalue weighted by Crippen LogP contribution is 2.51. The van der Waals surface area contributed by atoms with Crippen LogP contribution in [0.3, 0.4) is 0 Å². The maximum absolute atomic E-state index is 7.24. The fourth-order valence-corrected chi connectivity index (χ4v) is 8.65. The van der Waals surface area contributed by atoms with E-state index in [0.29, 0.717) is 49.8 Å². The summed E-state index contributed by atoms with van der Waals surface area (Å²) < 4.78 is 1.95. The molecule has 4 nitrogen and oxygen atoms in total. The molecule has 0 bridgehead atoms. The van der Waals surface area contributed by atoms with Crippen molar-refractivity contribution in [2.45, 2.75) is 5.79 Å². The minimum atomic E-state index is -1.69. The Morgan fingerprint density at radius 2 is 0.734 bits per heavy atom. The van der Waals surface area contributed by atoms with E-state index < -0.39 is 5.79 Å². The molecule has 0 amide bonds. The van der Waals surface area contributed by atoms with Crippen molar-refractivity contribution in [3.05, 3.63) is 265 Å². The molecule has 8 aromatic carbocycles. The standard InChI is InChI=1S/C42H24Cl6N4.2C6H6/c43-29-21-31(35(47)33(45)23-29)41-49-39(27-17-9-3-10-18-27)40(28-19-11-4-12-20-28)52(41)42(32-22-30(44)24-34(46)36(32)48)50-37(25-13-5-1-6-14-25)38(51-42)26-15-7-2-8-16-26;2*1-2-4-6-5-3-1/h1-24H;2*1-6H. The summed E-state index contributed by atoms with van der Waals surface area (Å²) in [5, 5.41) is 1.67. The van der Waals surface area contributed by atoms with E-state index in [2.05, 4.69) is 0 Å². The minimum absolute atomic E-state index is 0.218. The maximum Gasteiger partial charge on any atom is 0.263 e. The van der Waals surface area contributed by atoms with E-state index in [1.54, 1.807) is 24.3 Å². The molecule has 0 atom stereocenters. The molecule has 1 aliphatic heterocycles. The second kappa shape index (κ2) is 20.7. The van der Waals surface area contributed by atoms with Crippen LogP contribution in [0.15, 0.2) is 228 Å². The highest BCUT2D eigenvalue weighted by Gasteiger charge is 2.47. The Morgan fingerprint density at radius 3 is 1.17 bits per heavy atom. The lowest BCUT2D eigenvalue weighted by molar-refractivity contribution is 0.409. The summed E-state index contributed by atoms with van der Waals surface area (Å²) >= 11 is 41.4. The summed E-state index contributed by atoms with van der Waals surface area (Å²) in [4.78, 5) is 16.6. The van der Waals surface area contributed by atoms with Crippen molar-refractivity contribution < 1.29 is 0 Å². The number of aromatic nitrogens is 2. The van der Waals surface area contributed by atoms with E-state index in [1.165, 1.54) is 0 Å². The van der Waals surface area contributed by atoms with Crippen molar-refractivity contribution in [2.75, 3.05) is 0 Å². The number of benzene rings is 8. The SMILES string of the molecule is Clc1cc(Cl)c(Cl)c(-c2nc(-c3ccccc3)c(-c3ccccc3)n2C2(c3cc(Cl)cc(Cl)c3Cl)N=C(c3ccccc3)C(c3ccccc3)=N2)c1.c1ccccc1.c1ccccc1. The number of hydrogen-bond donors (Lipinski definition) is 0. The zero-order valence-corrected chi connectivity index (χ0v) is 38.4. The Hall–Kier alpha value is -5.95. The van der Waals surface area contributed by atoms with Gasteiger partial charge in [-0.05, 0) is 24.3 Å². The molecule has 1 aliphatic rings. The summed E-state index contributed by atoms with van der Waals surface area (Å²) in [5.41, 5.74) is 6.78. The third kappa shape index (κ3) is 9.74. The molecule has 314 valence electrons. The van der Waals surface area contributed by atoms with Crippen LogP contribution in [-0.2, 0) is 5.79 Å². The van der Waals surface area contributed by atoms with Crippen LogP contribution in [0, 0.1) is 0 Å². The van der Waals surface area contributed by atoms with Gasteiger partial charge in [0.05, 0.1) is 42.9 Å². The van der Waals surface area contributed by atoms with Gasteiger partial charge in [-0.25, -0.2) is 15.0 Å². The van der Waals surface area contributed by atoms with Gasteiger partial charge in [0.25, 0.3) is 5.79 Å². The van der Waals surface area contributed by atoms with Crippen LogP contribution < -0.4 is 0 Å². The first kappa shape index (κ1) is 44.6. The second-order valence-electron chi connectivity index (χ2n) is 14.3. The Kier molecular flexibility index (Phi) is 14.4. The molecule has 10 heteroatoms.